The number of carbonyl (C=O) groups is 1. The van der Waals surface area contributed by atoms with Crippen LogP contribution in [0.5, 0.6) is 0 Å². The first-order chi connectivity index (χ1) is 9.97. The fraction of sp³-hybridized carbons (Fsp3) is 0.538. The minimum absolute atomic E-state index is 0.173. The maximum atomic E-state index is 11.2. The highest BCUT2D eigenvalue weighted by Crippen LogP contribution is 2.21. The van der Waals surface area contributed by atoms with Crippen LogP contribution in [-0.2, 0) is 0 Å². The third kappa shape index (κ3) is 3.88. The van der Waals surface area contributed by atoms with E-state index in [-0.39, 0.29) is 17.1 Å². The molecule has 1 aliphatic heterocycles. The van der Waals surface area contributed by atoms with Gasteiger partial charge in [0.15, 0.2) is 0 Å². The number of hydrogen-bond donors (Lipinski definition) is 2. The molecule has 0 amide bonds. The number of piperidine rings is 1. The third-order valence-electron chi connectivity index (χ3n) is 3.59. The van der Waals surface area contributed by atoms with E-state index >= 15 is 0 Å². The van der Waals surface area contributed by atoms with E-state index in [1.54, 1.807) is 0 Å². The summed E-state index contributed by atoms with van der Waals surface area (Å²) in [4.78, 5) is 27.3. The van der Waals surface area contributed by atoms with Crippen LogP contribution >= 0.6 is 0 Å². The summed E-state index contributed by atoms with van der Waals surface area (Å²) in [7, 11) is 2.05. The number of aromatic carboxylic acids is 1. The molecular formula is C13H18N4O4. The molecule has 0 aliphatic carbocycles. The molecule has 2 heterocycles. The molecule has 8 heteroatoms. The minimum Gasteiger partial charge on any atom is -0.478 e. The zero-order chi connectivity index (χ0) is 15.4. The van der Waals surface area contributed by atoms with Gasteiger partial charge in [-0.15, -0.1) is 0 Å². The number of anilines is 1. The van der Waals surface area contributed by atoms with Gasteiger partial charge in [0.25, 0.3) is 5.69 Å². The standard InChI is InChI=1S/C13H18N4O4/c1-16-4-2-3-9(8-16)6-14-12-11(13(18)19)5-10(7-15-12)17(20)21/h5,7,9H,2-4,6,8H2,1H3,(H,14,15)(H,18,19). The molecule has 0 aromatic carbocycles. The molecule has 21 heavy (non-hydrogen) atoms. The molecule has 0 bridgehead atoms. The Morgan fingerprint density at radius 3 is 3.05 bits per heavy atom. The first-order valence-electron chi connectivity index (χ1n) is 6.77. The number of likely N-dealkylation sites (tertiary alicyclic amines) is 1. The summed E-state index contributed by atoms with van der Waals surface area (Å²) in [6.07, 6.45) is 3.26. The molecular weight excluding hydrogens is 276 g/mol. The number of rotatable bonds is 5. The van der Waals surface area contributed by atoms with Crippen molar-refractivity contribution in [3.05, 3.63) is 27.9 Å². The lowest BCUT2D eigenvalue weighted by Gasteiger charge is -2.29. The normalized spacial score (nSPS) is 19.2. The molecule has 8 nitrogen and oxygen atoms in total. The van der Waals surface area contributed by atoms with Crippen LogP contribution in [-0.4, -0.2) is 52.6 Å². The number of hydrogen-bond acceptors (Lipinski definition) is 6. The van der Waals surface area contributed by atoms with E-state index < -0.39 is 10.9 Å². The Kier molecular flexibility index (Phi) is 4.69. The van der Waals surface area contributed by atoms with Gasteiger partial charge in [-0.05, 0) is 32.4 Å². The maximum absolute atomic E-state index is 11.2. The molecule has 1 unspecified atom stereocenters. The van der Waals surface area contributed by atoms with Gasteiger partial charge in [0.1, 0.15) is 17.6 Å². The highest BCUT2D eigenvalue weighted by Gasteiger charge is 2.20. The van der Waals surface area contributed by atoms with Crippen molar-refractivity contribution in [1.29, 1.82) is 0 Å². The van der Waals surface area contributed by atoms with Crippen LogP contribution in [0, 0.1) is 16.0 Å². The fourth-order valence-electron chi connectivity index (χ4n) is 2.54. The van der Waals surface area contributed by atoms with E-state index in [1.165, 1.54) is 0 Å². The lowest BCUT2D eigenvalue weighted by Crippen LogP contribution is -2.35. The number of carboxylic acids is 1. The summed E-state index contributed by atoms with van der Waals surface area (Å²) in [5.41, 5.74) is -0.497. The molecule has 1 aromatic heterocycles. The van der Waals surface area contributed by atoms with E-state index in [9.17, 15) is 14.9 Å². The summed E-state index contributed by atoms with van der Waals surface area (Å²) in [5.74, 6) is -0.627. The zero-order valence-corrected chi connectivity index (χ0v) is 11.8. The smallest absolute Gasteiger partial charge is 0.339 e. The molecule has 0 spiro atoms. The molecule has 1 saturated heterocycles. The van der Waals surface area contributed by atoms with Crippen LogP contribution in [0.15, 0.2) is 12.3 Å². The Bertz CT molecular complexity index is 549. The van der Waals surface area contributed by atoms with Crippen molar-refractivity contribution < 1.29 is 14.8 Å². The molecule has 1 aliphatic rings. The highest BCUT2D eigenvalue weighted by molar-refractivity contribution is 5.93. The quantitative estimate of drug-likeness (QED) is 0.624. The van der Waals surface area contributed by atoms with Gasteiger partial charge in [-0.1, -0.05) is 0 Å². The number of pyridine rings is 1. The second-order valence-corrected chi connectivity index (χ2v) is 5.30. The summed E-state index contributed by atoms with van der Waals surface area (Å²) in [6, 6.07) is 1.03. The van der Waals surface area contributed by atoms with E-state index in [2.05, 4.69) is 22.2 Å². The van der Waals surface area contributed by atoms with Crippen molar-refractivity contribution in [2.45, 2.75) is 12.8 Å². The Hall–Kier alpha value is -2.22. The van der Waals surface area contributed by atoms with Gasteiger partial charge in [0, 0.05) is 19.2 Å². The number of carboxylic acid groups (broad SMARTS) is 1. The number of nitrogens with zero attached hydrogens (tertiary/aromatic N) is 3. The van der Waals surface area contributed by atoms with Crippen molar-refractivity contribution >= 4 is 17.5 Å². The fourth-order valence-corrected chi connectivity index (χ4v) is 2.54. The molecule has 0 saturated carbocycles. The number of nitrogens with one attached hydrogen (secondary N) is 1. The third-order valence-corrected chi connectivity index (χ3v) is 3.59. The Labute approximate surface area is 121 Å². The minimum atomic E-state index is -1.23. The number of nitro groups is 1. The SMILES string of the molecule is CN1CCCC(CNc2ncc([N+](=O)[O-])cc2C(=O)O)C1. The lowest BCUT2D eigenvalue weighted by molar-refractivity contribution is -0.385. The first kappa shape index (κ1) is 15.2. The Balaban J connectivity index is 2.08. The Morgan fingerprint density at radius 1 is 1.67 bits per heavy atom. The monoisotopic (exact) mass is 294 g/mol. The first-order valence-corrected chi connectivity index (χ1v) is 6.77. The lowest BCUT2D eigenvalue weighted by atomic mass is 9.98. The second-order valence-electron chi connectivity index (χ2n) is 5.30. The summed E-state index contributed by atoms with van der Waals surface area (Å²) in [5, 5.41) is 22.8. The van der Waals surface area contributed by atoms with Crippen LogP contribution < -0.4 is 5.32 Å². The van der Waals surface area contributed by atoms with Crippen LogP contribution in [0.4, 0.5) is 11.5 Å². The molecule has 1 atom stereocenters. The molecule has 2 rings (SSSR count). The molecule has 1 aromatic rings. The largest absolute Gasteiger partial charge is 0.478 e. The number of aromatic nitrogens is 1. The van der Waals surface area contributed by atoms with Crippen LogP contribution in [0.3, 0.4) is 0 Å². The van der Waals surface area contributed by atoms with Gasteiger partial charge in [-0.3, -0.25) is 10.1 Å². The van der Waals surface area contributed by atoms with Crippen LogP contribution in [0.25, 0.3) is 0 Å². The highest BCUT2D eigenvalue weighted by atomic mass is 16.6. The predicted octanol–water partition coefficient (Wildman–Crippen LogP) is 1.44. The molecule has 1 fully saturated rings. The molecule has 114 valence electrons. The van der Waals surface area contributed by atoms with Crippen molar-refractivity contribution in [3.63, 3.8) is 0 Å². The van der Waals surface area contributed by atoms with E-state index in [4.69, 9.17) is 5.11 Å². The summed E-state index contributed by atoms with van der Waals surface area (Å²) >= 11 is 0. The predicted molar refractivity (Wildman–Crippen MR) is 76.6 cm³/mol. The topological polar surface area (TPSA) is 109 Å². The van der Waals surface area contributed by atoms with Gasteiger partial charge in [0.05, 0.1) is 4.92 Å². The van der Waals surface area contributed by atoms with Crippen LogP contribution in [0.1, 0.15) is 23.2 Å². The second kappa shape index (κ2) is 6.49. The van der Waals surface area contributed by atoms with Crippen molar-refractivity contribution in [2.75, 3.05) is 32.0 Å². The van der Waals surface area contributed by atoms with E-state index in [0.29, 0.717) is 12.5 Å². The maximum Gasteiger partial charge on any atom is 0.339 e. The van der Waals surface area contributed by atoms with Gasteiger partial charge in [-0.2, -0.15) is 0 Å². The summed E-state index contributed by atoms with van der Waals surface area (Å²) in [6.45, 7) is 2.63. The van der Waals surface area contributed by atoms with Gasteiger partial charge in [-0.25, -0.2) is 9.78 Å². The zero-order valence-electron chi connectivity index (χ0n) is 11.8. The van der Waals surface area contributed by atoms with Crippen molar-refractivity contribution in [3.8, 4) is 0 Å². The average Bonchev–Trinajstić information content (AvgIpc) is 2.44. The Morgan fingerprint density at radius 2 is 2.43 bits per heavy atom. The average molecular weight is 294 g/mol. The van der Waals surface area contributed by atoms with Crippen LogP contribution in [0.2, 0.25) is 0 Å². The van der Waals surface area contributed by atoms with E-state index in [1.807, 2.05) is 0 Å². The van der Waals surface area contributed by atoms with E-state index in [0.717, 1.165) is 38.2 Å². The van der Waals surface area contributed by atoms with Gasteiger partial charge in [0.2, 0.25) is 0 Å². The summed E-state index contributed by atoms with van der Waals surface area (Å²) < 4.78 is 0. The van der Waals surface area contributed by atoms with Gasteiger partial charge < -0.3 is 15.3 Å². The molecule has 0 radical (unpaired) electrons. The van der Waals surface area contributed by atoms with Crippen molar-refractivity contribution in [2.24, 2.45) is 5.92 Å². The van der Waals surface area contributed by atoms with Gasteiger partial charge >= 0.3 is 5.97 Å². The molecule has 2 N–H and O–H groups in total. The van der Waals surface area contributed by atoms with Crippen molar-refractivity contribution in [1.82, 2.24) is 9.88 Å².